The first-order valence-electron chi connectivity index (χ1n) is 7.47. The van der Waals surface area contributed by atoms with Gasteiger partial charge in [0.25, 0.3) is 0 Å². The molecule has 1 aliphatic rings. The van der Waals surface area contributed by atoms with Crippen LogP contribution in [0.3, 0.4) is 0 Å². The average Bonchev–Trinajstić information content (AvgIpc) is 2.65. The van der Waals surface area contributed by atoms with Crippen LogP contribution in [0.1, 0.15) is 5.56 Å². The molecule has 2 rings (SSSR count). The molecule has 0 bridgehead atoms. The Bertz CT molecular complexity index is 631. The molecule has 0 saturated carbocycles. The summed E-state index contributed by atoms with van der Waals surface area (Å²) in [7, 11) is 4.50. The number of methoxy groups -OCH3 is 3. The van der Waals surface area contributed by atoms with Gasteiger partial charge in [0.15, 0.2) is 11.5 Å². The Morgan fingerprint density at radius 2 is 1.96 bits per heavy atom. The number of hydrogen-bond acceptors (Lipinski definition) is 6. The lowest BCUT2D eigenvalue weighted by atomic mass is 10.2. The molecule has 1 aliphatic heterocycles. The largest absolute Gasteiger partial charge is 0.493 e. The molecule has 7 heteroatoms. The second-order valence-electron chi connectivity index (χ2n) is 5.11. The lowest BCUT2D eigenvalue weighted by Gasteiger charge is -2.30. The first kappa shape index (κ1) is 18.2. The van der Waals surface area contributed by atoms with Crippen LogP contribution in [0.2, 0.25) is 0 Å². The molecule has 1 aromatic carbocycles. The lowest BCUT2D eigenvalue weighted by Crippen LogP contribution is -2.44. The molecule has 1 atom stereocenters. The molecule has 1 heterocycles. The van der Waals surface area contributed by atoms with Crippen LogP contribution in [0.4, 0.5) is 0 Å². The van der Waals surface area contributed by atoms with Crippen molar-refractivity contribution >= 4 is 29.7 Å². The van der Waals surface area contributed by atoms with Crippen molar-refractivity contribution in [3.05, 3.63) is 29.8 Å². The SMILES string of the molecule is COC(=O)[C@@H]1CN(C(=O)/C=C/c2ccc(OC)c(OC)c2)CCS1. The van der Waals surface area contributed by atoms with Gasteiger partial charge in [0, 0.05) is 24.9 Å². The molecule has 1 saturated heterocycles. The molecule has 0 unspecified atom stereocenters. The van der Waals surface area contributed by atoms with E-state index in [1.807, 2.05) is 6.07 Å². The molecule has 24 heavy (non-hydrogen) atoms. The number of ether oxygens (including phenoxy) is 3. The van der Waals surface area contributed by atoms with Crippen molar-refractivity contribution in [2.75, 3.05) is 40.2 Å². The zero-order valence-electron chi connectivity index (χ0n) is 14.0. The van der Waals surface area contributed by atoms with E-state index in [4.69, 9.17) is 14.2 Å². The summed E-state index contributed by atoms with van der Waals surface area (Å²) in [4.78, 5) is 25.6. The Kier molecular flexibility index (Phi) is 6.54. The third-order valence-electron chi connectivity index (χ3n) is 3.67. The standard InChI is InChI=1S/C17H21NO5S/c1-21-13-6-4-12(10-14(13)22-2)5-7-16(19)18-8-9-24-15(11-18)17(20)23-3/h4-7,10,15H,8-9,11H2,1-3H3/b7-5+/t15-/m0/s1. The van der Waals surface area contributed by atoms with Gasteiger partial charge in [-0.2, -0.15) is 0 Å². The molecular formula is C17H21NO5S. The number of amides is 1. The van der Waals surface area contributed by atoms with E-state index in [1.54, 1.807) is 37.3 Å². The van der Waals surface area contributed by atoms with Gasteiger partial charge in [0.1, 0.15) is 5.25 Å². The minimum Gasteiger partial charge on any atom is -0.493 e. The van der Waals surface area contributed by atoms with E-state index in [0.717, 1.165) is 11.3 Å². The second-order valence-corrected chi connectivity index (χ2v) is 6.43. The van der Waals surface area contributed by atoms with E-state index in [1.165, 1.54) is 24.9 Å². The first-order valence-corrected chi connectivity index (χ1v) is 8.52. The van der Waals surface area contributed by atoms with E-state index in [2.05, 4.69) is 0 Å². The van der Waals surface area contributed by atoms with Gasteiger partial charge < -0.3 is 19.1 Å². The molecule has 0 N–H and O–H groups in total. The highest BCUT2D eigenvalue weighted by molar-refractivity contribution is 8.00. The smallest absolute Gasteiger partial charge is 0.320 e. The van der Waals surface area contributed by atoms with E-state index in [9.17, 15) is 9.59 Å². The van der Waals surface area contributed by atoms with Crippen molar-refractivity contribution in [3.63, 3.8) is 0 Å². The molecule has 1 amide bonds. The number of carbonyl (C=O) groups excluding carboxylic acids is 2. The summed E-state index contributed by atoms with van der Waals surface area (Å²) in [6, 6.07) is 5.42. The molecule has 0 radical (unpaired) electrons. The summed E-state index contributed by atoms with van der Waals surface area (Å²) < 4.78 is 15.2. The van der Waals surface area contributed by atoms with Gasteiger partial charge >= 0.3 is 5.97 Å². The quantitative estimate of drug-likeness (QED) is 0.596. The molecule has 0 aliphatic carbocycles. The highest BCUT2D eigenvalue weighted by Crippen LogP contribution is 2.28. The number of carbonyl (C=O) groups is 2. The van der Waals surface area contributed by atoms with Crippen LogP contribution in [0, 0.1) is 0 Å². The van der Waals surface area contributed by atoms with E-state index in [-0.39, 0.29) is 17.1 Å². The fraction of sp³-hybridized carbons (Fsp3) is 0.412. The van der Waals surface area contributed by atoms with Crippen molar-refractivity contribution < 1.29 is 23.8 Å². The van der Waals surface area contributed by atoms with Gasteiger partial charge in [0.2, 0.25) is 5.91 Å². The summed E-state index contributed by atoms with van der Waals surface area (Å²) in [5.74, 6) is 1.54. The summed E-state index contributed by atoms with van der Waals surface area (Å²) >= 11 is 1.52. The minimum absolute atomic E-state index is 0.126. The van der Waals surface area contributed by atoms with Crippen molar-refractivity contribution in [1.29, 1.82) is 0 Å². The number of rotatable bonds is 5. The molecule has 0 aromatic heterocycles. The lowest BCUT2D eigenvalue weighted by molar-refractivity contribution is -0.140. The number of hydrogen-bond donors (Lipinski definition) is 0. The molecule has 130 valence electrons. The third kappa shape index (κ3) is 4.44. The number of thioether (sulfide) groups is 1. The van der Waals surface area contributed by atoms with Gasteiger partial charge in [-0.05, 0) is 23.8 Å². The Morgan fingerprint density at radius 3 is 2.62 bits per heavy atom. The maximum Gasteiger partial charge on any atom is 0.320 e. The minimum atomic E-state index is -0.317. The van der Waals surface area contributed by atoms with Gasteiger partial charge in [-0.3, -0.25) is 9.59 Å². The zero-order valence-corrected chi connectivity index (χ0v) is 14.8. The number of esters is 1. The maximum absolute atomic E-state index is 12.3. The Labute approximate surface area is 145 Å². The second kappa shape index (κ2) is 8.63. The fourth-order valence-electron chi connectivity index (χ4n) is 2.35. The van der Waals surface area contributed by atoms with Crippen LogP contribution in [-0.4, -0.2) is 62.2 Å². The van der Waals surface area contributed by atoms with E-state index >= 15 is 0 Å². The van der Waals surface area contributed by atoms with Crippen molar-refractivity contribution in [2.45, 2.75) is 5.25 Å². The highest BCUT2D eigenvalue weighted by Gasteiger charge is 2.28. The topological polar surface area (TPSA) is 65.1 Å². The Morgan fingerprint density at radius 1 is 1.21 bits per heavy atom. The highest BCUT2D eigenvalue weighted by atomic mass is 32.2. The van der Waals surface area contributed by atoms with Gasteiger partial charge in [-0.25, -0.2) is 0 Å². The molecule has 0 spiro atoms. The summed E-state index contributed by atoms with van der Waals surface area (Å²) in [6.45, 7) is 0.986. The summed E-state index contributed by atoms with van der Waals surface area (Å²) in [5.41, 5.74) is 0.830. The predicted molar refractivity (Wildman–Crippen MR) is 93.4 cm³/mol. The molecule has 1 fully saturated rings. The van der Waals surface area contributed by atoms with Crippen LogP contribution in [-0.2, 0) is 14.3 Å². The monoisotopic (exact) mass is 351 g/mol. The van der Waals surface area contributed by atoms with Crippen LogP contribution in [0.25, 0.3) is 6.08 Å². The first-order chi connectivity index (χ1) is 11.6. The van der Waals surface area contributed by atoms with Crippen LogP contribution >= 0.6 is 11.8 Å². The average molecular weight is 351 g/mol. The van der Waals surface area contributed by atoms with Crippen molar-refractivity contribution in [2.24, 2.45) is 0 Å². The molecule has 6 nitrogen and oxygen atoms in total. The van der Waals surface area contributed by atoms with Crippen LogP contribution in [0.15, 0.2) is 24.3 Å². The summed E-state index contributed by atoms with van der Waals surface area (Å²) in [5, 5.41) is -0.317. The van der Waals surface area contributed by atoms with E-state index in [0.29, 0.717) is 24.6 Å². The summed E-state index contributed by atoms with van der Waals surface area (Å²) in [6.07, 6.45) is 3.23. The predicted octanol–water partition coefficient (Wildman–Crippen LogP) is 1.83. The zero-order chi connectivity index (χ0) is 17.5. The maximum atomic E-state index is 12.3. The van der Waals surface area contributed by atoms with Crippen molar-refractivity contribution in [1.82, 2.24) is 4.90 Å². The molecular weight excluding hydrogens is 330 g/mol. The van der Waals surface area contributed by atoms with Gasteiger partial charge in [0.05, 0.1) is 21.3 Å². The normalized spacial score (nSPS) is 17.6. The van der Waals surface area contributed by atoms with Crippen LogP contribution < -0.4 is 9.47 Å². The number of nitrogens with zero attached hydrogens (tertiary/aromatic N) is 1. The number of benzene rings is 1. The molecule has 1 aromatic rings. The Hall–Kier alpha value is -2.15. The Balaban J connectivity index is 2.03. The van der Waals surface area contributed by atoms with Crippen LogP contribution in [0.5, 0.6) is 11.5 Å². The van der Waals surface area contributed by atoms with E-state index < -0.39 is 0 Å². The van der Waals surface area contributed by atoms with Crippen molar-refractivity contribution in [3.8, 4) is 11.5 Å². The fourth-order valence-corrected chi connectivity index (χ4v) is 3.48. The van der Waals surface area contributed by atoms with Gasteiger partial charge in [-0.1, -0.05) is 6.07 Å². The van der Waals surface area contributed by atoms with Gasteiger partial charge in [-0.15, -0.1) is 11.8 Å². The third-order valence-corrected chi connectivity index (χ3v) is 4.83.